The molecule has 1 fully saturated rings. The summed E-state index contributed by atoms with van der Waals surface area (Å²) in [4.78, 5) is 43.8. The molecule has 0 bridgehead atoms. The first-order valence-electron chi connectivity index (χ1n) is 12.7. The van der Waals surface area contributed by atoms with Gasteiger partial charge in [0, 0.05) is 31.8 Å². The van der Waals surface area contributed by atoms with Crippen LogP contribution in [0.4, 0.5) is 10.5 Å². The number of rotatable bonds is 13. The van der Waals surface area contributed by atoms with Crippen LogP contribution in [-0.4, -0.2) is 82.0 Å². The van der Waals surface area contributed by atoms with E-state index in [0.717, 1.165) is 33.5 Å². The van der Waals surface area contributed by atoms with Gasteiger partial charge in [0.1, 0.15) is 6.10 Å². The Kier molecular flexibility index (Phi) is 10.3. The lowest BCUT2D eigenvalue weighted by Crippen LogP contribution is -2.61. The predicted octanol–water partition coefficient (Wildman–Crippen LogP) is 3.40. The second kappa shape index (κ2) is 12.9. The number of benzene rings is 2. The van der Waals surface area contributed by atoms with E-state index in [1.165, 1.54) is 6.92 Å². The SMILES string of the molecule is CC(C)CN(C[C@@H](OP(=O)(O)O)[C@](C)(c1ccccc1)N(C(=O)O)C1CCOC1)S(=O)(=O)c1ccc([N+](=O)[O-])cc1. The van der Waals surface area contributed by atoms with Crippen LogP contribution in [0.3, 0.4) is 0 Å². The number of hydrogen-bond acceptors (Lipinski definition) is 8. The minimum absolute atomic E-state index is 0.0220. The highest BCUT2D eigenvalue weighted by molar-refractivity contribution is 7.89. The first kappa shape index (κ1) is 32.6. The second-order valence-electron chi connectivity index (χ2n) is 10.2. The monoisotopic (exact) mass is 615 g/mol. The van der Waals surface area contributed by atoms with E-state index in [9.17, 15) is 42.8 Å². The van der Waals surface area contributed by atoms with Crippen molar-refractivity contribution in [2.24, 2.45) is 5.92 Å². The molecule has 3 rings (SSSR count). The van der Waals surface area contributed by atoms with Crippen LogP contribution < -0.4 is 0 Å². The largest absolute Gasteiger partial charge is 0.469 e. The Morgan fingerprint density at radius 1 is 1.17 bits per heavy atom. The zero-order valence-electron chi connectivity index (χ0n) is 22.8. The topological polar surface area (TPSA) is 197 Å². The summed E-state index contributed by atoms with van der Waals surface area (Å²) in [6.45, 7) is 4.38. The molecule has 16 heteroatoms. The molecule has 2 aromatic carbocycles. The van der Waals surface area contributed by atoms with Crippen molar-refractivity contribution >= 4 is 29.6 Å². The van der Waals surface area contributed by atoms with Gasteiger partial charge in [0.2, 0.25) is 10.0 Å². The number of carboxylic acid groups (broad SMARTS) is 1. The smallest absolute Gasteiger partial charge is 0.465 e. The van der Waals surface area contributed by atoms with Gasteiger partial charge in [-0.1, -0.05) is 44.2 Å². The number of nitrogens with zero attached hydrogens (tertiary/aromatic N) is 3. The maximum atomic E-state index is 13.8. The molecule has 226 valence electrons. The average molecular weight is 616 g/mol. The molecule has 0 saturated carbocycles. The number of sulfonamides is 1. The number of carbonyl (C=O) groups is 1. The van der Waals surface area contributed by atoms with Crippen molar-refractivity contribution in [3.8, 4) is 0 Å². The summed E-state index contributed by atoms with van der Waals surface area (Å²) in [7, 11) is -9.73. The second-order valence-corrected chi connectivity index (χ2v) is 13.4. The Morgan fingerprint density at radius 2 is 1.78 bits per heavy atom. The Bertz CT molecular complexity index is 1360. The summed E-state index contributed by atoms with van der Waals surface area (Å²) < 4.78 is 51.6. The lowest BCUT2D eigenvalue weighted by atomic mass is 9.83. The van der Waals surface area contributed by atoms with Gasteiger partial charge in [-0.15, -0.1) is 0 Å². The summed E-state index contributed by atoms with van der Waals surface area (Å²) in [5, 5.41) is 21.5. The van der Waals surface area contributed by atoms with Crippen LogP contribution in [0.1, 0.15) is 32.8 Å². The first-order chi connectivity index (χ1) is 19.1. The molecule has 1 aliphatic rings. The Morgan fingerprint density at radius 3 is 2.24 bits per heavy atom. The number of nitro benzene ring substituents is 1. The van der Waals surface area contributed by atoms with Gasteiger partial charge in [0.25, 0.3) is 5.69 Å². The number of phosphoric ester groups is 1. The minimum Gasteiger partial charge on any atom is -0.465 e. The predicted molar refractivity (Wildman–Crippen MR) is 146 cm³/mol. The van der Waals surface area contributed by atoms with Gasteiger partial charge >= 0.3 is 13.9 Å². The van der Waals surface area contributed by atoms with Crippen molar-refractivity contribution in [2.45, 2.75) is 49.8 Å². The molecule has 3 N–H and O–H groups in total. The van der Waals surface area contributed by atoms with Gasteiger partial charge in [-0.05, 0) is 37.0 Å². The van der Waals surface area contributed by atoms with Crippen molar-refractivity contribution in [3.05, 3.63) is 70.3 Å². The highest BCUT2D eigenvalue weighted by Gasteiger charge is 2.51. The van der Waals surface area contributed by atoms with Gasteiger partial charge < -0.3 is 19.6 Å². The van der Waals surface area contributed by atoms with Crippen molar-refractivity contribution in [2.75, 3.05) is 26.3 Å². The van der Waals surface area contributed by atoms with Crippen LogP contribution in [-0.2, 0) is 29.4 Å². The van der Waals surface area contributed by atoms with E-state index in [1.54, 1.807) is 44.2 Å². The normalized spacial score (nSPS) is 18.3. The first-order valence-corrected chi connectivity index (χ1v) is 15.7. The lowest BCUT2D eigenvalue weighted by molar-refractivity contribution is -0.384. The molecule has 0 spiro atoms. The summed E-state index contributed by atoms with van der Waals surface area (Å²) in [5.74, 6) is -0.277. The van der Waals surface area contributed by atoms with Crippen LogP contribution >= 0.6 is 7.82 Å². The van der Waals surface area contributed by atoms with Gasteiger partial charge in [-0.2, -0.15) is 4.31 Å². The molecule has 1 unspecified atom stereocenters. The van der Waals surface area contributed by atoms with Crippen molar-refractivity contribution in [1.82, 2.24) is 9.21 Å². The molecule has 1 aliphatic heterocycles. The van der Waals surface area contributed by atoms with Gasteiger partial charge in [-0.25, -0.2) is 17.8 Å². The number of nitro groups is 1. The molecule has 14 nitrogen and oxygen atoms in total. The third-order valence-corrected chi connectivity index (χ3v) is 9.23. The van der Waals surface area contributed by atoms with Crippen molar-refractivity contribution < 1.29 is 46.9 Å². The van der Waals surface area contributed by atoms with Crippen LogP contribution in [0, 0.1) is 16.0 Å². The molecule has 1 amide bonds. The number of ether oxygens (including phenoxy) is 1. The van der Waals surface area contributed by atoms with E-state index >= 15 is 0 Å². The van der Waals surface area contributed by atoms with Gasteiger partial charge in [0.15, 0.2) is 0 Å². The minimum atomic E-state index is -5.32. The standard InChI is InChI=1S/C25H34N3O11PS/c1-18(2)15-26(41(36,37)22-11-9-20(10-12-22)28(31)32)16-23(39-40(33,34)35)25(3,19-7-5-4-6-8-19)27(24(29)30)21-13-14-38-17-21/h4-12,18,21,23H,13-17H2,1-3H3,(H,29,30)(H2,33,34,35)/t21?,23-,25+/m1/s1. The number of amides is 1. The molecule has 1 saturated heterocycles. The van der Waals surface area contributed by atoms with E-state index in [-0.39, 0.29) is 36.3 Å². The molecule has 3 atom stereocenters. The number of non-ortho nitro benzene ring substituents is 1. The third-order valence-electron chi connectivity index (χ3n) is 6.85. The fraction of sp³-hybridized carbons (Fsp3) is 0.480. The average Bonchev–Trinajstić information content (AvgIpc) is 3.41. The maximum Gasteiger partial charge on any atom is 0.469 e. The number of phosphoric acid groups is 1. The molecule has 0 radical (unpaired) electrons. The fourth-order valence-corrected chi connectivity index (χ4v) is 7.15. The molecular weight excluding hydrogens is 581 g/mol. The zero-order valence-corrected chi connectivity index (χ0v) is 24.5. The molecule has 41 heavy (non-hydrogen) atoms. The highest BCUT2D eigenvalue weighted by atomic mass is 32.2. The number of hydrogen-bond donors (Lipinski definition) is 3. The third kappa shape index (κ3) is 7.68. The van der Waals surface area contributed by atoms with Crippen LogP contribution in [0.25, 0.3) is 0 Å². The summed E-state index contributed by atoms with van der Waals surface area (Å²) >= 11 is 0. The zero-order chi connectivity index (χ0) is 30.6. The Balaban J connectivity index is 2.21. The summed E-state index contributed by atoms with van der Waals surface area (Å²) in [6.07, 6.45) is -2.83. The van der Waals surface area contributed by atoms with Gasteiger partial charge in [0.05, 0.1) is 28.0 Å². The van der Waals surface area contributed by atoms with E-state index in [4.69, 9.17) is 9.26 Å². The molecule has 0 aromatic heterocycles. The summed E-state index contributed by atoms with van der Waals surface area (Å²) in [6, 6.07) is 11.5. The molecule has 2 aromatic rings. The summed E-state index contributed by atoms with van der Waals surface area (Å²) in [5.41, 5.74) is -1.83. The van der Waals surface area contributed by atoms with E-state index < -0.39 is 53.1 Å². The Hall–Kier alpha value is -2.91. The van der Waals surface area contributed by atoms with Crippen molar-refractivity contribution in [1.29, 1.82) is 0 Å². The molecule has 0 aliphatic carbocycles. The maximum absolute atomic E-state index is 13.8. The van der Waals surface area contributed by atoms with Gasteiger partial charge in [-0.3, -0.25) is 19.5 Å². The van der Waals surface area contributed by atoms with Crippen LogP contribution in [0.15, 0.2) is 59.5 Å². The highest BCUT2D eigenvalue weighted by Crippen LogP contribution is 2.46. The van der Waals surface area contributed by atoms with E-state index in [2.05, 4.69) is 0 Å². The van der Waals surface area contributed by atoms with E-state index in [1.807, 2.05) is 0 Å². The van der Waals surface area contributed by atoms with Crippen molar-refractivity contribution in [3.63, 3.8) is 0 Å². The van der Waals surface area contributed by atoms with Crippen LogP contribution in [0.2, 0.25) is 0 Å². The quantitative estimate of drug-likeness (QED) is 0.170. The molecular formula is C25H34N3O11PS. The fourth-order valence-electron chi connectivity index (χ4n) is 4.95. The molecule has 1 heterocycles. The Labute approximate surface area is 237 Å². The van der Waals surface area contributed by atoms with E-state index in [0.29, 0.717) is 12.0 Å². The van der Waals surface area contributed by atoms with Crippen LogP contribution in [0.5, 0.6) is 0 Å². The lowest BCUT2D eigenvalue weighted by Gasteiger charge is -2.48.